The Morgan fingerprint density at radius 1 is 1.07 bits per heavy atom. The van der Waals surface area contributed by atoms with Crippen molar-refractivity contribution in [3.63, 3.8) is 0 Å². The van der Waals surface area contributed by atoms with Gasteiger partial charge in [-0.25, -0.2) is 0 Å². The second kappa shape index (κ2) is 8.27. The molecular weight excluding hydrogens is 336 g/mol. The number of amides is 1. The second-order valence-electron chi connectivity index (χ2n) is 8.87. The number of nitrogens with zero attached hydrogens (tertiary/aromatic N) is 3. The molecule has 0 spiro atoms. The minimum absolute atomic E-state index is 0.101. The Morgan fingerprint density at radius 2 is 1.78 bits per heavy atom. The van der Waals surface area contributed by atoms with Crippen molar-refractivity contribution in [2.24, 2.45) is 11.8 Å². The van der Waals surface area contributed by atoms with E-state index in [4.69, 9.17) is 0 Å². The average molecular weight is 371 g/mol. The minimum atomic E-state index is 0.101. The van der Waals surface area contributed by atoms with Gasteiger partial charge in [-0.2, -0.15) is 0 Å². The first-order chi connectivity index (χ1) is 13.1. The molecule has 27 heavy (non-hydrogen) atoms. The van der Waals surface area contributed by atoms with E-state index >= 15 is 0 Å². The predicted octanol–water partition coefficient (Wildman–Crippen LogP) is 2.76. The molecule has 148 valence electrons. The summed E-state index contributed by atoms with van der Waals surface area (Å²) in [4.78, 5) is 22.7. The van der Waals surface area contributed by atoms with Crippen LogP contribution in [-0.4, -0.2) is 60.0 Å². The van der Waals surface area contributed by atoms with Gasteiger partial charge in [0.1, 0.15) is 0 Å². The van der Waals surface area contributed by atoms with E-state index in [9.17, 15) is 4.79 Å². The van der Waals surface area contributed by atoms with Crippen LogP contribution in [0.3, 0.4) is 0 Å². The van der Waals surface area contributed by atoms with E-state index in [1.807, 2.05) is 13.0 Å². The fourth-order valence-corrected chi connectivity index (χ4v) is 4.76. The van der Waals surface area contributed by atoms with Gasteiger partial charge in [0.05, 0.1) is 11.7 Å². The number of carbonyl (C=O) groups is 1. The molecule has 0 aromatic carbocycles. The van der Waals surface area contributed by atoms with Crippen LogP contribution in [0.25, 0.3) is 0 Å². The van der Waals surface area contributed by atoms with Gasteiger partial charge >= 0.3 is 0 Å². The summed E-state index contributed by atoms with van der Waals surface area (Å²) < 4.78 is 0. The van der Waals surface area contributed by atoms with E-state index in [1.165, 1.54) is 38.8 Å². The highest BCUT2D eigenvalue weighted by molar-refractivity contribution is 5.79. The number of hydrogen-bond donors (Lipinski definition) is 1. The van der Waals surface area contributed by atoms with E-state index in [2.05, 4.69) is 39.3 Å². The van der Waals surface area contributed by atoms with Crippen LogP contribution in [0, 0.1) is 18.8 Å². The zero-order valence-corrected chi connectivity index (χ0v) is 16.9. The summed E-state index contributed by atoms with van der Waals surface area (Å²) in [5.74, 6) is 0.986. The van der Waals surface area contributed by atoms with Crippen molar-refractivity contribution in [1.29, 1.82) is 0 Å². The molecule has 1 amide bonds. The molecule has 4 rings (SSSR count). The third-order valence-electron chi connectivity index (χ3n) is 6.72. The van der Waals surface area contributed by atoms with E-state index in [0.29, 0.717) is 5.92 Å². The Balaban J connectivity index is 1.31. The fourth-order valence-electron chi connectivity index (χ4n) is 4.76. The largest absolute Gasteiger partial charge is 0.347 e. The third kappa shape index (κ3) is 4.69. The van der Waals surface area contributed by atoms with Gasteiger partial charge < -0.3 is 15.1 Å². The molecule has 1 atom stereocenters. The lowest BCUT2D eigenvalue weighted by Gasteiger charge is -2.41. The maximum absolute atomic E-state index is 13.0. The van der Waals surface area contributed by atoms with Crippen molar-refractivity contribution < 1.29 is 4.79 Å². The van der Waals surface area contributed by atoms with Gasteiger partial charge in [0.15, 0.2) is 0 Å². The number of rotatable bonds is 5. The monoisotopic (exact) mass is 370 g/mol. The SMILES string of the molecule is Cc1cccc([C@H](NC(=O)C2CCN(C3CCN(C)CC3)CC2)C2CC2)n1. The van der Waals surface area contributed by atoms with Gasteiger partial charge in [-0.15, -0.1) is 0 Å². The van der Waals surface area contributed by atoms with Crippen molar-refractivity contribution in [1.82, 2.24) is 20.1 Å². The van der Waals surface area contributed by atoms with Gasteiger partial charge in [0, 0.05) is 17.7 Å². The molecule has 0 radical (unpaired) electrons. The standard InChI is InChI=1S/C22H34N4O/c1-16-4-3-5-20(23-16)21(17-6-7-17)24-22(27)18-8-14-26(15-9-18)19-10-12-25(2)13-11-19/h3-5,17-19,21H,6-15H2,1-2H3,(H,24,27)/t21-/m1/s1. The van der Waals surface area contributed by atoms with E-state index in [-0.39, 0.29) is 17.9 Å². The Kier molecular flexibility index (Phi) is 5.79. The van der Waals surface area contributed by atoms with Crippen LogP contribution in [0.2, 0.25) is 0 Å². The van der Waals surface area contributed by atoms with Crippen LogP contribution in [0.5, 0.6) is 0 Å². The third-order valence-corrected chi connectivity index (χ3v) is 6.72. The molecule has 1 N–H and O–H groups in total. The molecule has 1 aromatic rings. The van der Waals surface area contributed by atoms with Gasteiger partial charge in [-0.05, 0) is 96.7 Å². The molecule has 3 aliphatic rings. The van der Waals surface area contributed by atoms with Gasteiger partial charge in [0.25, 0.3) is 0 Å². The molecule has 1 aliphatic carbocycles. The Morgan fingerprint density at radius 3 is 2.41 bits per heavy atom. The van der Waals surface area contributed by atoms with Gasteiger partial charge in [-0.1, -0.05) is 6.07 Å². The Hall–Kier alpha value is -1.46. The average Bonchev–Trinajstić information content (AvgIpc) is 3.52. The molecule has 5 nitrogen and oxygen atoms in total. The summed E-state index contributed by atoms with van der Waals surface area (Å²) in [6.07, 6.45) is 6.95. The van der Waals surface area contributed by atoms with E-state index in [1.54, 1.807) is 0 Å². The maximum Gasteiger partial charge on any atom is 0.223 e. The Bertz CT molecular complexity index is 643. The van der Waals surface area contributed by atoms with Crippen molar-refractivity contribution >= 4 is 5.91 Å². The molecule has 0 bridgehead atoms. The van der Waals surface area contributed by atoms with Crippen LogP contribution in [0.4, 0.5) is 0 Å². The quantitative estimate of drug-likeness (QED) is 0.866. The molecule has 5 heteroatoms. The van der Waals surface area contributed by atoms with Gasteiger partial charge in [-0.3, -0.25) is 9.78 Å². The summed E-state index contributed by atoms with van der Waals surface area (Å²) in [6.45, 7) is 6.58. The maximum atomic E-state index is 13.0. The lowest BCUT2D eigenvalue weighted by Crippen LogP contribution is -2.49. The van der Waals surface area contributed by atoms with E-state index in [0.717, 1.165) is 43.4 Å². The van der Waals surface area contributed by atoms with Gasteiger partial charge in [0.2, 0.25) is 5.91 Å². The second-order valence-corrected chi connectivity index (χ2v) is 8.87. The van der Waals surface area contributed by atoms with Crippen LogP contribution >= 0.6 is 0 Å². The van der Waals surface area contributed by atoms with Crippen molar-refractivity contribution in [2.75, 3.05) is 33.2 Å². The molecule has 1 saturated carbocycles. The lowest BCUT2D eigenvalue weighted by atomic mass is 9.92. The first kappa shape index (κ1) is 18.9. The highest BCUT2D eigenvalue weighted by atomic mass is 16.2. The van der Waals surface area contributed by atoms with Crippen LogP contribution in [-0.2, 0) is 4.79 Å². The highest BCUT2D eigenvalue weighted by Crippen LogP contribution is 2.40. The lowest BCUT2D eigenvalue weighted by molar-refractivity contribution is -0.127. The van der Waals surface area contributed by atoms with Crippen LogP contribution in [0.1, 0.15) is 56.0 Å². The topological polar surface area (TPSA) is 48.5 Å². The highest BCUT2D eigenvalue weighted by Gasteiger charge is 2.36. The summed E-state index contributed by atoms with van der Waals surface area (Å²) in [5, 5.41) is 3.37. The van der Waals surface area contributed by atoms with Crippen molar-refractivity contribution in [3.05, 3.63) is 29.6 Å². The molecule has 2 saturated heterocycles. The molecule has 3 fully saturated rings. The smallest absolute Gasteiger partial charge is 0.223 e. The van der Waals surface area contributed by atoms with Crippen LogP contribution in [0.15, 0.2) is 18.2 Å². The first-order valence-electron chi connectivity index (χ1n) is 10.8. The summed E-state index contributed by atoms with van der Waals surface area (Å²) in [7, 11) is 2.21. The van der Waals surface area contributed by atoms with Crippen molar-refractivity contribution in [2.45, 2.75) is 57.5 Å². The number of aromatic nitrogens is 1. The number of likely N-dealkylation sites (tertiary alicyclic amines) is 2. The first-order valence-corrected chi connectivity index (χ1v) is 10.8. The number of carbonyl (C=O) groups excluding carboxylic acids is 1. The summed E-state index contributed by atoms with van der Waals surface area (Å²) in [5.41, 5.74) is 2.06. The predicted molar refractivity (Wildman–Crippen MR) is 107 cm³/mol. The zero-order chi connectivity index (χ0) is 18.8. The van der Waals surface area contributed by atoms with Crippen molar-refractivity contribution in [3.8, 4) is 0 Å². The molecule has 2 aliphatic heterocycles. The minimum Gasteiger partial charge on any atom is -0.347 e. The molecule has 3 heterocycles. The number of hydrogen-bond acceptors (Lipinski definition) is 4. The number of pyridine rings is 1. The molecule has 0 unspecified atom stereocenters. The van der Waals surface area contributed by atoms with Crippen LogP contribution < -0.4 is 5.32 Å². The summed E-state index contributed by atoms with van der Waals surface area (Å²) >= 11 is 0. The number of aryl methyl sites for hydroxylation is 1. The summed E-state index contributed by atoms with van der Waals surface area (Å²) in [6, 6.07) is 6.97. The zero-order valence-electron chi connectivity index (χ0n) is 16.9. The normalized spacial score (nSPS) is 24.7. The number of piperidine rings is 2. The fraction of sp³-hybridized carbons (Fsp3) is 0.727. The number of nitrogens with one attached hydrogen (secondary N) is 1. The molecular formula is C22H34N4O. The Labute approximate surface area is 163 Å². The molecule has 1 aromatic heterocycles. The van der Waals surface area contributed by atoms with E-state index < -0.39 is 0 Å².